The van der Waals surface area contributed by atoms with Crippen molar-refractivity contribution < 1.29 is 0 Å². The molecule has 0 saturated carbocycles. The first kappa shape index (κ1) is 29.9. The summed E-state index contributed by atoms with van der Waals surface area (Å²) in [6, 6.07) is 40.9. The fraction of sp³-hybridized carbons (Fsp3) is 0.273. The summed E-state index contributed by atoms with van der Waals surface area (Å²) in [5.41, 5.74) is 6.47. The summed E-state index contributed by atoms with van der Waals surface area (Å²) in [4.78, 5) is 0. The van der Waals surface area contributed by atoms with Gasteiger partial charge in [-0.25, -0.2) is 0 Å². The van der Waals surface area contributed by atoms with Crippen LogP contribution < -0.4 is 0 Å². The molecule has 0 radical (unpaired) electrons. The van der Waals surface area contributed by atoms with Crippen LogP contribution in [0.4, 0.5) is 0 Å². The maximum absolute atomic E-state index is 2.26. The van der Waals surface area contributed by atoms with Gasteiger partial charge in [-0.05, 0) is 27.8 Å². The molecule has 0 nitrogen and oxygen atoms in total. The molecule has 0 bridgehead atoms. The van der Waals surface area contributed by atoms with Crippen molar-refractivity contribution in [1.29, 1.82) is 0 Å². The van der Waals surface area contributed by atoms with Crippen molar-refractivity contribution in [2.24, 2.45) is 0 Å². The summed E-state index contributed by atoms with van der Waals surface area (Å²) in [5.74, 6) is 0.257. The van der Waals surface area contributed by atoms with Crippen LogP contribution in [0, 0.1) is 0 Å². The third-order valence-electron chi connectivity index (χ3n) is 4.62. The van der Waals surface area contributed by atoms with Gasteiger partial charge in [0.05, 0.1) is 0 Å². The Labute approximate surface area is 204 Å². The Bertz CT molecular complexity index is 868. The summed E-state index contributed by atoms with van der Waals surface area (Å²) in [6.07, 6.45) is 0. The highest BCUT2D eigenvalue weighted by molar-refractivity contribution is 5.64. The molecule has 0 heterocycles. The van der Waals surface area contributed by atoms with E-state index in [1.165, 1.54) is 27.8 Å². The molecule has 4 rings (SSSR count). The molecule has 0 heteroatoms. The van der Waals surface area contributed by atoms with Crippen LogP contribution in [0.2, 0.25) is 0 Å². The number of hydrogen-bond acceptors (Lipinski definition) is 0. The predicted octanol–water partition coefficient (Wildman–Crippen LogP) is 10.6. The zero-order valence-electron chi connectivity index (χ0n) is 22.0. The summed E-state index contributed by atoms with van der Waals surface area (Å²) >= 11 is 0. The number of hydrogen-bond donors (Lipinski definition) is 0. The predicted molar refractivity (Wildman–Crippen MR) is 151 cm³/mol. The Hall–Kier alpha value is -3.12. The van der Waals surface area contributed by atoms with E-state index in [2.05, 4.69) is 115 Å². The minimum atomic E-state index is 0.257. The van der Waals surface area contributed by atoms with Crippen molar-refractivity contribution in [2.45, 2.75) is 61.3 Å². The second-order valence-electron chi connectivity index (χ2n) is 6.24. The van der Waals surface area contributed by atoms with Crippen LogP contribution in [0.3, 0.4) is 0 Å². The molecule has 0 aliphatic carbocycles. The van der Waals surface area contributed by atoms with Crippen molar-refractivity contribution in [1.82, 2.24) is 0 Å². The fourth-order valence-electron chi connectivity index (χ4n) is 3.37. The summed E-state index contributed by atoms with van der Waals surface area (Å²) < 4.78 is 0. The molecule has 0 spiro atoms. The molecule has 0 N–H and O–H groups in total. The van der Waals surface area contributed by atoms with Crippen LogP contribution in [0.5, 0.6) is 0 Å². The number of benzene rings is 4. The van der Waals surface area contributed by atoms with E-state index in [1.807, 2.05) is 55.4 Å². The van der Waals surface area contributed by atoms with E-state index >= 15 is 0 Å². The van der Waals surface area contributed by atoms with Gasteiger partial charge in [-0.2, -0.15) is 0 Å². The molecule has 4 aromatic carbocycles. The minimum absolute atomic E-state index is 0.257. The zero-order chi connectivity index (χ0) is 24.9. The van der Waals surface area contributed by atoms with Crippen LogP contribution in [-0.2, 0) is 0 Å². The minimum Gasteiger partial charge on any atom is -0.0683 e. The summed E-state index contributed by atoms with van der Waals surface area (Å²) in [5, 5.41) is 0. The Morgan fingerprint density at radius 3 is 0.939 bits per heavy atom. The average Bonchev–Trinajstić information content (AvgIpc) is 2.95. The molecule has 0 amide bonds. The monoisotopic (exact) mass is 440 g/mol. The lowest BCUT2D eigenvalue weighted by Crippen LogP contribution is -2.03. The smallest absolute Gasteiger partial charge is 0.0339 e. The fourth-order valence-corrected chi connectivity index (χ4v) is 3.37. The Balaban J connectivity index is 0.00000116. The molecule has 0 aliphatic rings. The molecule has 0 atom stereocenters. The molecule has 0 aliphatic heterocycles. The SMILES string of the molecule is CC.CC.CC.CC.c1ccc(-c2ccc(C(c3ccccc3)c3ccccc3)cc2)cc1. The zero-order valence-corrected chi connectivity index (χ0v) is 22.0. The molecular weight excluding hydrogens is 396 g/mol. The van der Waals surface area contributed by atoms with E-state index in [4.69, 9.17) is 0 Å². The number of rotatable bonds is 4. The van der Waals surface area contributed by atoms with Crippen LogP contribution in [0.25, 0.3) is 11.1 Å². The quantitative estimate of drug-likeness (QED) is 0.277. The van der Waals surface area contributed by atoms with Crippen molar-refractivity contribution in [3.63, 3.8) is 0 Å². The molecule has 176 valence electrons. The molecule has 33 heavy (non-hydrogen) atoms. The van der Waals surface area contributed by atoms with E-state index in [9.17, 15) is 0 Å². The topological polar surface area (TPSA) is 0 Å². The van der Waals surface area contributed by atoms with Gasteiger partial charge in [0.1, 0.15) is 0 Å². The van der Waals surface area contributed by atoms with Crippen molar-refractivity contribution in [2.75, 3.05) is 0 Å². The van der Waals surface area contributed by atoms with Crippen molar-refractivity contribution >= 4 is 0 Å². The van der Waals surface area contributed by atoms with E-state index in [0.29, 0.717) is 0 Å². The highest BCUT2D eigenvalue weighted by atomic mass is 14.2. The van der Waals surface area contributed by atoms with Crippen molar-refractivity contribution in [3.05, 3.63) is 132 Å². The van der Waals surface area contributed by atoms with Crippen LogP contribution in [0.1, 0.15) is 78.0 Å². The normalized spacial score (nSPS) is 8.88. The molecular formula is C33H44. The second kappa shape index (κ2) is 19.6. The lowest BCUT2D eigenvalue weighted by Gasteiger charge is -2.19. The van der Waals surface area contributed by atoms with Gasteiger partial charge < -0.3 is 0 Å². The first-order valence-electron chi connectivity index (χ1n) is 12.7. The Morgan fingerprint density at radius 2 is 0.576 bits per heavy atom. The Kier molecular flexibility index (Phi) is 17.7. The molecule has 0 aromatic heterocycles. The second-order valence-corrected chi connectivity index (χ2v) is 6.24. The lowest BCUT2D eigenvalue weighted by atomic mass is 9.84. The van der Waals surface area contributed by atoms with Crippen molar-refractivity contribution in [3.8, 4) is 11.1 Å². The van der Waals surface area contributed by atoms with Gasteiger partial charge in [0.15, 0.2) is 0 Å². The average molecular weight is 441 g/mol. The largest absolute Gasteiger partial charge is 0.0683 e. The van der Waals surface area contributed by atoms with E-state index in [1.54, 1.807) is 0 Å². The standard InChI is InChI=1S/C25H20.4C2H6/c1-4-10-20(11-5-1)21-16-18-24(19-17-21)25(22-12-6-2-7-13-22)23-14-8-3-9-15-23;4*1-2/h1-19,25H;4*1-2H3. The van der Waals surface area contributed by atoms with Crippen LogP contribution in [0.15, 0.2) is 115 Å². The van der Waals surface area contributed by atoms with Gasteiger partial charge in [0, 0.05) is 5.92 Å². The third-order valence-corrected chi connectivity index (χ3v) is 4.62. The molecule has 0 saturated heterocycles. The van der Waals surface area contributed by atoms with Gasteiger partial charge in [-0.15, -0.1) is 0 Å². The third kappa shape index (κ3) is 9.49. The first-order valence-corrected chi connectivity index (χ1v) is 12.7. The lowest BCUT2D eigenvalue weighted by molar-refractivity contribution is 0.978. The van der Waals surface area contributed by atoms with Gasteiger partial charge in [-0.1, -0.05) is 171 Å². The van der Waals surface area contributed by atoms with Crippen LogP contribution in [-0.4, -0.2) is 0 Å². The molecule has 4 aromatic rings. The van der Waals surface area contributed by atoms with E-state index in [0.717, 1.165) is 0 Å². The van der Waals surface area contributed by atoms with Gasteiger partial charge in [0.25, 0.3) is 0 Å². The maximum atomic E-state index is 2.26. The molecule has 0 fully saturated rings. The van der Waals surface area contributed by atoms with E-state index < -0.39 is 0 Å². The first-order chi connectivity index (χ1) is 16.4. The molecule has 0 unspecified atom stereocenters. The van der Waals surface area contributed by atoms with Gasteiger partial charge >= 0.3 is 0 Å². The highest BCUT2D eigenvalue weighted by Crippen LogP contribution is 2.33. The maximum Gasteiger partial charge on any atom is 0.0339 e. The summed E-state index contributed by atoms with van der Waals surface area (Å²) in [6.45, 7) is 16.0. The van der Waals surface area contributed by atoms with E-state index in [-0.39, 0.29) is 5.92 Å². The van der Waals surface area contributed by atoms with Gasteiger partial charge in [0.2, 0.25) is 0 Å². The Morgan fingerprint density at radius 1 is 0.303 bits per heavy atom. The summed E-state index contributed by atoms with van der Waals surface area (Å²) in [7, 11) is 0. The van der Waals surface area contributed by atoms with Gasteiger partial charge in [-0.3, -0.25) is 0 Å². The highest BCUT2D eigenvalue weighted by Gasteiger charge is 2.16. The van der Waals surface area contributed by atoms with Crippen LogP contribution >= 0.6 is 0 Å².